The van der Waals surface area contributed by atoms with E-state index in [-0.39, 0.29) is 19.0 Å². The Morgan fingerprint density at radius 3 is 2.67 bits per heavy atom. The molecule has 10 nitrogen and oxygen atoms in total. The van der Waals surface area contributed by atoms with Gasteiger partial charge in [-0.3, -0.25) is 9.48 Å². The molecule has 0 aliphatic carbocycles. The number of carbonyl (C=O) groups is 2. The summed E-state index contributed by atoms with van der Waals surface area (Å²) in [5.74, 6) is 0.973. The van der Waals surface area contributed by atoms with Gasteiger partial charge in [-0.2, -0.15) is 10.4 Å². The third-order valence-electron chi connectivity index (χ3n) is 7.73. The second kappa shape index (κ2) is 11.2. The van der Waals surface area contributed by atoms with Gasteiger partial charge >= 0.3 is 6.09 Å². The van der Waals surface area contributed by atoms with E-state index in [0.717, 1.165) is 37.3 Å². The molecule has 3 aromatic carbocycles. The summed E-state index contributed by atoms with van der Waals surface area (Å²) >= 11 is 1.53. The van der Waals surface area contributed by atoms with Crippen LogP contribution in [-0.2, 0) is 13.6 Å². The molecule has 2 amide bonds. The molecule has 0 saturated heterocycles. The normalized spacial score (nSPS) is 14.0. The number of aryl methyl sites for hydroxylation is 1. The fourth-order valence-electron chi connectivity index (χ4n) is 5.66. The number of ether oxygens (including phenoxy) is 2. The Bertz CT molecular complexity index is 1940. The van der Waals surface area contributed by atoms with Crippen molar-refractivity contribution in [2.24, 2.45) is 7.05 Å². The molecule has 5 aromatic rings. The van der Waals surface area contributed by atoms with Crippen LogP contribution in [-0.4, -0.2) is 52.6 Å². The molecule has 0 fully saturated rings. The van der Waals surface area contributed by atoms with Crippen molar-refractivity contribution in [1.29, 1.82) is 5.26 Å². The molecular weight excluding hydrogens is 566 g/mol. The topological polar surface area (TPSA) is 130 Å². The summed E-state index contributed by atoms with van der Waals surface area (Å²) in [4.78, 5) is 27.7. The Morgan fingerprint density at radius 1 is 1.12 bits per heavy atom. The minimum absolute atomic E-state index is 0.00475. The Labute approximate surface area is 251 Å². The van der Waals surface area contributed by atoms with Crippen molar-refractivity contribution in [3.63, 3.8) is 0 Å². The van der Waals surface area contributed by atoms with Gasteiger partial charge in [0.05, 0.1) is 49.1 Å². The predicted octanol–water partition coefficient (Wildman–Crippen LogP) is 5.82. The van der Waals surface area contributed by atoms with Crippen molar-refractivity contribution in [2.45, 2.75) is 12.6 Å². The number of nitrogens with one attached hydrogen (secondary N) is 1. The van der Waals surface area contributed by atoms with E-state index in [1.165, 1.54) is 11.3 Å². The summed E-state index contributed by atoms with van der Waals surface area (Å²) in [6.45, 7) is 0.207. The van der Waals surface area contributed by atoms with E-state index < -0.39 is 12.1 Å². The number of nitrogens with zero attached hydrogens (tertiary/aromatic N) is 4. The predicted molar refractivity (Wildman–Crippen MR) is 162 cm³/mol. The first-order chi connectivity index (χ1) is 20.8. The number of carboxylic acid groups (broad SMARTS) is 1. The molecule has 0 saturated carbocycles. The van der Waals surface area contributed by atoms with Crippen LogP contribution in [0, 0.1) is 11.3 Å². The molecule has 2 N–H and O–H groups in total. The zero-order valence-corrected chi connectivity index (χ0v) is 24.4. The number of carbonyl (C=O) groups excluding carboxylic acids is 1. The van der Waals surface area contributed by atoms with Crippen LogP contribution < -0.4 is 14.8 Å². The molecule has 0 radical (unpaired) electrons. The first-order valence-corrected chi connectivity index (χ1v) is 14.2. The zero-order chi connectivity index (χ0) is 30.2. The van der Waals surface area contributed by atoms with Crippen molar-refractivity contribution in [3.05, 3.63) is 89.1 Å². The van der Waals surface area contributed by atoms with Crippen LogP contribution in [0.1, 0.15) is 33.1 Å². The van der Waals surface area contributed by atoms with Crippen molar-refractivity contribution in [2.75, 3.05) is 20.8 Å². The number of rotatable bonds is 8. The lowest BCUT2D eigenvalue weighted by molar-refractivity contribution is 0.0705. The number of thiophene rings is 1. The minimum Gasteiger partial charge on any atom is -0.497 e. The number of aromatic nitrogens is 2. The molecular formula is C32H27N5O5S. The van der Waals surface area contributed by atoms with E-state index in [9.17, 15) is 20.0 Å². The van der Waals surface area contributed by atoms with Crippen LogP contribution in [0.15, 0.2) is 66.9 Å². The molecule has 3 heterocycles. The van der Waals surface area contributed by atoms with E-state index in [1.54, 1.807) is 48.2 Å². The lowest BCUT2D eigenvalue weighted by atomic mass is 9.96. The summed E-state index contributed by atoms with van der Waals surface area (Å²) in [6, 6.07) is 20.6. The standard InChI is InChI=1S/C32H27N5O5S/c1-36-29(30-24(14-33)21-6-4-5-7-28(21)43-30)25(15-35-36)18-9-11-22-23(12-18)26(16-34-32(39)40)37(31(22)38)17-19-8-10-20(41-2)13-27(19)42-3/h4-13,15,26,34H,16-17H2,1-3H3,(H,39,40). The maximum atomic E-state index is 13.7. The fourth-order valence-corrected chi connectivity index (χ4v) is 6.90. The highest BCUT2D eigenvalue weighted by atomic mass is 32.1. The van der Waals surface area contributed by atoms with Crippen molar-refractivity contribution < 1.29 is 24.2 Å². The highest BCUT2D eigenvalue weighted by molar-refractivity contribution is 7.22. The SMILES string of the molecule is COc1ccc(CN2C(=O)c3ccc(-c4cnn(C)c4-c4sc5ccccc5c4C#N)cc3C2CNC(=O)O)c(OC)c1. The average Bonchev–Trinajstić information content (AvgIpc) is 3.66. The Morgan fingerprint density at radius 2 is 1.93 bits per heavy atom. The molecule has 1 atom stereocenters. The lowest BCUT2D eigenvalue weighted by Gasteiger charge is -2.26. The van der Waals surface area contributed by atoms with Gasteiger partial charge in [-0.15, -0.1) is 11.3 Å². The molecule has 6 rings (SSSR count). The number of benzene rings is 3. The van der Waals surface area contributed by atoms with E-state index in [2.05, 4.69) is 16.5 Å². The molecule has 2 aromatic heterocycles. The number of hydrogen-bond acceptors (Lipinski definition) is 7. The first-order valence-electron chi connectivity index (χ1n) is 13.4. The first kappa shape index (κ1) is 27.8. The van der Waals surface area contributed by atoms with Crippen LogP contribution in [0.25, 0.3) is 31.8 Å². The van der Waals surface area contributed by atoms with Crippen molar-refractivity contribution in [1.82, 2.24) is 20.0 Å². The molecule has 1 unspecified atom stereocenters. The summed E-state index contributed by atoms with van der Waals surface area (Å²) in [5.41, 5.74) is 4.95. The van der Waals surface area contributed by atoms with Gasteiger partial charge in [0, 0.05) is 46.4 Å². The van der Waals surface area contributed by atoms with Crippen molar-refractivity contribution >= 4 is 33.4 Å². The molecule has 0 bridgehead atoms. The Hall–Kier alpha value is -5.34. The van der Waals surface area contributed by atoms with E-state index in [1.807, 2.05) is 49.5 Å². The summed E-state index contributed by atoms with van der Waals surface area (Å²) < 4.78 is 13.6. The largest absolute Gasteiger partial charge is 0.497 e. The van der Waals surface area contributed by atoms with Crippen LogP contribution in [0.4, 0.5) is 4.79 Å². The third-order valence-corrected chi connectivity index (χ3v) is 8.91. The second-order valence-corrected chi connectivity index (χ2v) is 11.1. The Balaban J connectivity index is 1.43. The van der Waals surface area contributed by atoms with Gasteiger partial charge in [-0.1, -0.05) is 24.3 Å². The number of hydrogen-bond donors (Lipinski definition) is 2. The van der Waals surface area contributed by atoms with Gasteiger partial charge in [0.1, 0.15) is 17.6 Å². The van der Waals surface area contributed by atoms with Gasteiger partial charge in [-0.25, -0.2) is 4.79 Å². The van der Waals surface area contributed by atoms with E-state index >= 15 is 0 Å². The molecule has 0 spiro atoms. The number of amides is 2. The van der Waals surface area contributed by atoms with Crippen LogP contribution in [0.3, 0.4) is 0 Å². The van der Waals surface area contributed by atoms with Crippen molar-refractivity contribution in [3.8, 4) is 39.3 Å². The average molecular weight is 594 g/mol. The Kier molecular flexibility index (Phi) is 7.21. The summed E-state index contributed by atoms with van der Waals surface area (Å²) in [7, 11) is 4.95. The lowest BCUT2D eigenvalue weighted by Crippen LogP contribution is -2.36. The highest BCUT2D eigenvalue weighted by Crippen LogP contribution is 2.44. The van der Waals surface area contributed by atoms with E-state index in [0.29, 0.717) is 28.2 Å². The fraction of sp³-hybridized carbons (Fsp3) is 0.188. The van der Waals surface area contributed by atoms with Gasteiger partial charge in [0.15, 0.2) is 0 Å². The maximum Gasteiger partial charge on any atom is 0.404 e. The summed E-state index contributed by atoms with van der Waals surface area (Å²) in [5, 5.41) is 27.4. The van der Waals surface area contributed by atoms with Crippen LogP contribution in [0.2, 0.25) is 0 Å². The molecule has 216 valence electrons. The maximum absolute atomic E-state index is 13.7. The molecule has 1 aliphatic heterocycles. The summed E-state index contributed by atoms with van der Waals surface area (Å²) in [6.07, 6.45) is 0.575. The quantitative estimate of drug-likeness (QED) is 0.232. The third kappa shape index (κ3) is 4.81. The van der Waals surface area contributed by atoms with Gasteiger partial charge in [0.2, 0.25) is 0 Å². The monoisotopic (exact) mass is 593 g/mol. The van der Waals surface area contributed by atoms with Gasteiger partial charge in [0.25, 0.3) is 5.91 Å². The molecule has 11 heteroatoms. The van der Waals surface area contributed by atoms with Gasteiger partial charge < -0.3 is 24.8 Å². The minimum atomic E-state index is -1.18. The highest BCUT2D eigenvalue weighted by Gasteiger charge is 2.38. The number of methoxy groups -OCH3 is 2. The smallest absolute Gasteiger partial charge is 0.404 e. The zero-order valence-electron chi connectivity index (χ0n) is 23.6. The van der Waals surface area contributed by atoms with Crippen LogP contribution in [0.5, 0.6) is 11.5 Å². The number of fused-ring (bicyclic) bond motifs is 2. The molecule has 1 aliphatic rings. The van der Waals surface area contributed by atoms with Gasteiger partial charge in [-0.05, 0) is 41.5 Å². The van der Waals surface area contributed by atoms with E-state index in [4.69, 9.17) is 9.47 Å². The molecule has 43 heavy (non-hydrogen) atoms. The second-order valence-electron chi connectivity index (χ2n) is 10.1. The van der Waals surface area contributed by atoms with Crippen LogP contribution >= 0.6 is 11.3 Å². The number of nitriles is 1.